The maximum absolute atomic E-state index is 6.24. The predicted octanol–water partition coefficient (Wildman–Crippen LogP) is 7.71. The van der Waals surface area contributed by atoms with Crippen molar-refractivity contribution >= 4 is 22.5 Å². The lowest BCUT2D eigenvalue weighted by Crippen LogP contribution is -2.26. The van der Waals surface area contributed by atoms with E-state index in [1.807, 2.05) is 30.6 Å². The molecule has 2 aromatic heterocycles. The fourth-order valence-corrected chi connectivity index (χ4v) is 5.69. The van der Waals surface area contributed by atoms with E-state index in [2.05, 4.69) is 84.0 Å². The zero-order chi connectivity index (χ0) is 26.6. The predicted molar refractivity (Wildman–Crippen MR) is 159 cm³/mol. The molecule has 0 spiro atoms. The van der Waals surface area contributed by atoms with Crippen LogP contribution in [0.2, 0.25) is 5.02 Å². The molecule has 3 heterocycles. The summed E-state index contributed by atoms with van der Waals surface area (Å²) in [6.07, 6.45) is 6.35. The van der Waals surface area contributed by atoms with E-state index in [0.717, 1.165) is 53.2 Å². The molecule has 2 atom stereocenters. The highest BCUT2D eigenvalue weighted by Gasteiger charge is 2.20. The van der Waals surface area contributed by atoms with E-state index in [1.165, 1.54) is 27.8 Å². The standard InChI is InChI=1S/C34H32ClN3O/c1-23-5-2-6-25(17-23)31-19-29(21-37-22-30-8-4-16-39-30)38-33-14-11-26(18-32(31)33)34(27-7-3-15-36-20-27)24-9-12-28(35)13-10-24/h2-3,5-7,9-15,17-20,30,34,37H,4,8,16,21-22H2,1H3. The minimum atomic E-state index is 0.0264. The lowest BCUT2D eigenvalue weighted by Gasteiger charge is -2.20. The van der Waals surface area contributed by atoms with Gasteiger partial charge in [-0.15, -0.1) is 0 Å². The first-order valence-electron chi connectivity index (χ1n) is 13.6. The Bertz CT molecular complexity index is 1560. The van der Waals surface area contributed by atoms with Crippen LogP contribution in [-0.2, 0) is 11.3 Å². The highest BCUT2D eigenvalue weighted by Crippen LogP contribution is 2.36. The summed E-state index contributed by atoms with van der Waals surface area (Å²) in [5.41, 5.74) is 9.16. The van der Waals surface area contributed by atoms with Crippen molar-refractivity contribution in [2.45, 2.75) is 38.3 Å². The molecule has 0 bridgehead atoms. The largest absolute Gasteiger partial charge is 0.377 e. The molecule has 4 nitrogen and oxygen atoms in total. The first kappa shape index (κ1) is 25.7. The lowest BCUT2D eigenvalue weighted by atomic mass is 9.84. The van der Waals surface area contributed by atoms with E-state index in [9.17, 15) is 0 Å². The van der Waals surface area contributed by atoms with Gasteiger partial charge in [-0.2, -0.15) is 0 Å². The molecule has 0 aliphatic carbocycles. The second-order valence-electron chi connectivity index (χ2n) is 10.3. The van der Waals surface area contributed by atoms with E-state index in [4.69, 9.17) is 21.3 Å². The van der Waals surface area contributed by atoms with E-state index in [-0.39, 0.29) is 5.92 Å². The Morgan fingerprint density at radius 1 is 0.949 bits per heavy atom. The number of hydrogen-bond donors (Lipinski definition) is 1. The summed E-state index contributed by atoms with van der Waals surface area (Å²) in [6, 6.07) is 29.9. The van der Waals surface area contributed by atoms with Gasteiger partial charge >= 0.3 is 0 Å². The highest BCUT2D eigenvalue weighted by atomic mass is 35.5. The number of benzene rings is 3. The zero-order valence-electron chi connectivity index (χ0n) is 22.1. The van der Waals surface area contributed by atoms with Crippen LogP contribution in [0.4, 0.5) is 0 Å². The number of fused-ring (bicyclic) bond motifs is 1. The molecule has 0 radical (unpaired) electrons. The number of pyridine rings is 2. The molecule has 196 valence electrons. The number of halogens is 1. The summed E-state index contributed by atoms with van der Waals surface area (Å²) in [5.74, 6) is 0.0264. The number of aryl methyl sites for hydroxylation is 1. The van der Waals surface area contributed by atoms with Gasteiger partial charge in [-0.05, 0) is 84.0 Å². The smallest absolute Gasteiger partial charge is 0.0712 e. The fraction of sp³-hybridized carbons (Fsp3) is 0.235. The van der Waals surface area contributed by atoms with Crippen molar-refractivity contribution in [3.63, 3.8) is 0 Å². The van der Waals surface area contributed by atoms with Gasteiger partial charge in [0.05, 0.1) is 17.3 Å². The van der Waals surface area contributed by atoms with Crippen LogP contribution in [0.3, 0.4) is 0 Å². The Labute approximate surface area is 235 Å². The fourth-order valence-electron chi connectivity index (χ4n) is 5.57. The van der Waals surface area contributed by atoms with Gasteiger partial charge in [0, 0.05) is 48.4 Å². The van der Waals surface area contributed by atoms with E-state index in [1.54, 1.807) is 0 Å². The van der Waals surface area contributed by atoms with E-state index in [0.29, 0.717) is 12.6 Å². The van der Waals surface area contributed by atoms with Crippen molar-refractivity contribution in [1.82, 2.24) is 15.3 Å². The number of nitrogens with zero attached hydrogens (tertiary/aromatic N) is 2. The second-order valence-corrected chi connectivity index (χ2v) is 10.8. The van der Waals surface area contributed by atoms with Crippen LogP contribution >= 0.6 is 11.6 Å². The summed E-state index contributed by atoms with van der Waals surface area (Å²) in [7, 11) is 0. The van der Waals surface area contributed by atoms with Crippen LogP contribution in [0, 0.1) is 6.92 Å². The number of nitrogens with one attached hydrogen (secondary N) is 1. The first-order chi connectivity index (χ1) is 19.1. The maximum Gasteiger partial charge on any atom is 0.0712 e. The van der Waals surface area contributed by atoms with Gasteiger partial charge < -0.3 is 10.1 Å². The van der Waals surface area contributed by atoms with Gasteiger partial charge in [0.25, 0.3) is 0 Å². The molecule has 1 N–H and O–H groups in total. The van der Waals surface area contributed by atoms with Crippen molar-refractivity contribution < 1.29 is 4.74 Å². The quantitative estimate of drug-likeness (QED) is 0.222. The third kappa shape index (κ3) is 5.89. The second kappa shape index (κ2) is 11.7. The van der Waals surface area contributed by atoms with E-state index < -0.39 is 0 Å². The molecule has 39 heavy (non-hydrogen) atoms. The van der Waals surface area contributed by atoms with Gasteiger partial charge in [0.1, 0.15) is 0 Å². The molecule has 3 aromatic carbocycles. The molecule has 1 fully saturated rings. The summed E-state index contributed by atoms with van der Waals surface area (Å²) in [6.45, 7) is 4.57. The van der Waals surface area contributed by atoms with Crippen molar-refractivity contribution in [3.8, 4) is 11.1 Å². The minimum absolute atomic E-state index is 0.0264. The highest BCUT2D eigenvalue weighted by molar-refractivity contribution is 6.30. The number of aromatic nitrogens is 2. The number of hydrogen-bond acceptors (Lipinski definition) is 4. The Kier molecular flexibility index (Phi) is 7.69. The summed E-state index contributed by atoms with van der Waals surface area (Å²) < 4.78 is 5.79. The van der Waals surface area contributed by atoms with Gasteiger partial charge in [-0.1, -0.05) is 65.7 Å². The van der Waals surface area contributed by atoms with Crippen molar-refractivity contribution in [1.29, 1.82) is 0 Å². The molecule has 1 aliphatic rings. The monoisotopic (exact) mass is 533 g/mol. The van der Waals surface area contributed by atoms with E-state index >= 15 is 0 Å². The van der Waals surface area contributed by atoms with Crippen LogP contribution in [-0.4, -0.2) is 29.2 Å². The number of ether oxygens (including phenoxy) is 1. The first-order valence-corrected chi connectivity index (χ1v) is 14.0. The van der Waals surface area contributed by atoms with Gasteiger partial charge in [-0.3, -0.25) is 9.97 Å². The molecule has 0 amide bonds. The van der Waals surface area contributed by atoms with Gasteiger partial charge in [-0.25, -0.2) is 0 Å². The molecule has 2 unspecified atom stereocenters. The van der Waals surface area contributed by atoms with Crippen LogP contribution in [0.25, 0.3) is 22.0 Å². The van der Waals surface area contributed by atoms with Gasteiger partial charge in [0.2, 0.25) is 0 Å². The van der Waals surface area contributed by atoms with Crippen LogP contribution < -0.4 is 5.32 Å². The molecule has 6 rings (SSSR count). The molecule has 1 saturated heterocycles. The van der Waals surface area contributed by atoms with Crippen molar-refractivity contribution in [2.24, 2.45) is 0 Å². The molecule has 0 saturated carbocycles. The lowest BCUT2D eigenvalue weighted by molar-refractivity contribution is 0.110. The third-order valence-electron chi connectivity index (χ3n) is 7.47. The molecular weight excluding hydrogens is 502 g/mol. The van der Waals surface area contributed by atoms with Crippen LogP contribution in [0.1, 0.15) is 46.7 Å². The third-order valence-corrected chi connectivity index (χ3v) is 7.72. The van der Waals surface area contributed by atoms with Crippen molar-refractivity contribution in [2.75, 3.05) is 13.2 Å². The Morgan fingerprint density at radius 2 is 1.82 bits per heavy atom. The topological polar surface area (TPSA) is 47.0 Å². The summed E-state index contributed by atoms with van der Waals surface area (Å²) in [4.78, 5) is 9.50. The van der Waals surface area contributed by atoms with Gasteiger partial charge in [0.15, 0.2) is 0 Å². The Balaban J connectivity index is 1.44. The maximum atomic E-state index is 6.24. The van der Waals surface area contributed by atoms with Crippen molar-refractivity contribution in [3.05, 3.63) is 130 Å². The minimum Gasteiger partial charge on any atom is -0.377 e. The molecular formula is C34H32ClN3O. The summed E-state index contributed by atoms with van der Waals surface area (Å²) in [5, 5.41) is 5.44. The van der Waals surface area contributed by atoms with Crippen LogP contribution in [0.5, 0.6) is 0 Å². The normalized spacial score (nSPS) is 16.0. The summed E-state index contributed by atoms with van der Waals surface area (Å²) >= 11 is 6.24. The SMILES string of the molecule is Cc1cccc(-c2cc(CNCC3CCCO3)nc3ccc(C(c4ccc(Cl)cc4)c4cccnc4)cc23)c1. The molecule has 5 aromatic rings. The zero-order valence-corrected chi connectivity index (χ0v) is 22.9. The Hall–Kier alpha value is -3.57. The van der Waals surface area contributed by atoms with Crippen LogP contribution in [0.15, 0.2) is 97.3 Å². The number of rotatable bonds is 8. The average Bonchev–Trinajstić information content (AvgIpc) is 3.48. The molecule has 1 aliphatic heterocycles. The Morgan fingerprint density at radius 3 is 2.59 bits per heavy atom. The average molecular weight is 534 g/mol. The molecule has 5 heteroatoms.